The normalized spacial score (nSPS) is 23.0. The first-order valence-electron chi connectivity index (χ1n) is 9.32. The molecule has 2 amide bonds. The second-order valence-corrected chi connectivity index (χ2v) is 8.26. The fourth-order valence-corrected chi connectivity index (χ4v) is 3.91. The highest BCUT2D eigenvalue weighted by Gasteiger charge is 2.44. The van der Waals surface area contributed by atoms with Crippen LogP contribution in [0.5, 0.6) is 0 Å². The van der Waals surface area contributed by atoms with Crippen LogP contribution in [0.4, 0.5) is 16.2 Å². The molecule has 0 spiro atoms. The minimum Gasteiger partial charge on any atom is -0.444 e. The van der Waals surface area contributed by atoms with Crippen molar-refractivity contribution in [2.45, 2.75) is 45.3 Å². The summed E-state index contributed by atoms with van der Waals surface area (Å²) in [5, 5.41) is 24.9. The molecule has 1 aromatic rings. The van der Waals surface area contributed by atoms with Gasteiger partial charge in [0.15, 0.2) is 0 Å². The standard InChI is InChI=1S/C19H25N3O6/c1-19(2,3)28-18(25)21-9-7-11(8-10-21)14-16(23)15-12(20-17(14)24)5-4-6-13(15)22(26)27/h4-6,11,14,16,23H,7-10H2,1-3H3,(H,20,24). The molecule has 1 saturated heterocycles. The van der Waals surface area contributed by atoms with E-state index in [4.69, 9.17) is 4.74 Å². The molecule has 0 saturated carbocycles. The minimum absolute atomic E-state index is 0.145. The number of carbonyl (C=O) groups is 2. The summed E-state index contributed by atoms with van der Waals surface area (Å²) < 4.78 is 5.37. The van der Waals surface area contributed by atoms with Crippen LogP contribution in [-0.2, 0) is 9.53 Å². The summed E-state index contributed by atoms with van der Waals surface area (Å²) in [6.45, 7) is 6.19. The van der Waals surface area contributed by atoms with Gasteiger partial charge in [-0.2, -0.15) is 0 Å². The number of likely N-dealkylation sites (tertiary alicyclic amines) is 1. The number of nitro groups is 1. The summed E-state index contributed by atoms with van der Waals surface area (Å²) in [5.74, 6) is -1.34. The summed E-state index contributed by atoms with van der Waals surface area (Å²) in [5.41, 5.74) is -0.377. The number of nitrogens with zero attached hydrogens (tertiary/aromatic N) is 2. The average Bonchev–Trinajstić information content (AvgIpc) is 2.60. The van der Waals surface area contributed by atoms with Crippen molar-refractivity contribution in [3.8, 4) is 0 Å². The quantitative estimate of drug-likeness (QED) is 0.590. The lowest BCUT2D eigenvalue weighted by molar-refractivity contribution is -0.386. The van der Waals surface area contributed by atoms with Crippen molar-refractivity contribution in [1.82, 2.24) is 4.90 Å². The molecule has 0 bridgehead atoms. The monoisotopic (exact) mass is 391 g/mol. The summed E-state index contributed by atoms with van der Waals surface area (Å²) in [7, 11) is 0. The van der Waals surface area contributed by atoms with E-state index in [-0.39, 0.29) is 28.8 Å². The molecule has 1 fully saturated rings. The van der Waals surface area contributed by atoms with Crippen LogP contribution in [0.2, 0.25) is 0 Å². The molecule has 2 atom stereocenters. The van der Waals surface area contributed by atoms with Crippen molar-refractivity contribution in [3.05, 3.63) is 33.9 Å². The molecule has 28 heavy (non-hydrogen) atoms. The first kappa shape index (κ1) is 20.1. The Balaban J connectivity index is 1.74. The van der Waals surface area contributed by atoms with E-state index < -0.39 is 28.6 Å². The van der Waals surface area contributed by atoms with Crippen LogP contribution < -0.4 is 5.32 Å². The number of anilines is 1. The van der Waals surface area contributed by atoms with Crippen molar-refractivity contribution in [3.63, 3.8) is 0 Å². The van der Waals surface area contributed by atoms with E-state index in [0.29, 0.717) is 25.9 Å². The Labute approximate surface area is 162 Å². The highest BCUT2D eigenvalue weighted by Crippen LogP contribution is 2.44. The maximum atomic E-state index is 12.6. The Morgan fingerprint density at radius 2 is 1.96 bits per heavy atom. The smallest absolute Gasteiger partial charge is 0.410 e. The number of fused-ring (bicyclic) bond motifs is 1. The minimum atomic E-state index is -1.26. The van der Waals surface area contributed by atoms with Gasteiger partial charge in [-0.1, -0.05) is 6.07 Å². The highest BCUT2D eigenvalue weighted by molar-refractivity contribution is 5.97. The fourth-order valence-electron chi connectivity index (χ4n) is 3.91. The number of benzene rings is 1. The lowest BCUT2D eigenvalue weighted by Crippen LogP contribution is -2.46. The zero-order chi connectivity index (χ0) is 20.6. The van der Waals surface area contributed by atoms with Crippen molar-refractivity contribution in [2.75, 3.05) is 18.4 Å². The molecule has 9 nitrogen and oxygen atoms in total. The zero-order valence-electron chi connectivity index (χ0n) is 16.2. The van der Waals surface area contributed by atoms with Gasteiger partial charge in [-0.15, -0.1) is 0 Å². The van der Waals surface area contributed by atoms with Crippen LogP contribution in [0, 0.1) is 22.0 Å². The van der Waals surface area contributed by atoms with Gasteiger partial charge in [-0.25, -0.2) is 4.79 Å². The number of amides is 2. The molecule has 2 N–H and O–H groups in total. The van der Waals surface area contributed by atoms with E-state index in [1.165, 1.54) is 12.1 Å². The average molecular weight is 391 g/mol. The van der Waals surface area contributed by atoms with E-state index in [1.807, 2.05) is 0 Å². The van der Waals surface area contributed by atoms with E-state index in [0.717, 1.165) is 0 Å². The molecular formula is C19H25N3O6. The van der Waals surface area contributed by atoms with Crippen molar-refractivity contribution >= 4 is 23.4 Å². The number of carbonyl (C=O) groups excluding carboxylic acids is 2. The molecule has 0 aliphatic carbocycles. The number of rotatable bonds is 2. The van der Waals surface area contributed by atoms with Crippen LogP contribution in [0.1, 0.15) is 45.3 Å². The van der Waals surface area contributed by atoms with Gasteiger partial charge in [0, 0.05) is 19.2 Å². The Bertz CT molecular complexity index is 795. The molecule has 1 aromatic carbocycles. The zero-order valence-corrected chi connectivity index (χ0v) is 16.2. The van der Waals surface area contributed by atoms with Crippen molar-refractivity contribution < 1.29 is 24.4 Å². The molecule has 3 rings (SSSR count). The molecule has 2 aliphatic rings. The van der Waals surface area contributed by atoms with Gasteiger partial charge < -0.3 is 20.1 Å². The largest absolute Gasteiger partial charge is 0.444 e. The second-order valence-electron chi connectivity index (χ2n) is 8.26. The fraction of sp³-hybridized carbons (Fsp3) is 0.579. The van der Waals surface area contributed by atoms with Crippen LogP contribution in [0.15, 0.2) is 18.2 Å². The number of nitrogens with one attached hydrogen (secondary N) is 1. The predicted molar refractivity (Wildman–Crippen MR) is 101 cm³/mol. The number of nitro benzene ring substituents is 1. The first-order chi connectivity index (χ1) is 13.1. The summed E-state index contributed by atoms with van der Waals surface area (Å²) >= 11 is 0. The third-order valence-corrected chi connectivity index (χ3v) is 5.18. The Morgan fingerprint density at radius 3 is 2.54 bits per heavy atom. The van der Waals surface area contributed by atoms with E-state index in [9.17, 15) is 24.8 Å². The van der Waals surface area contributed by atoms with Gasteiger partial charge in [0.25, 0.3) is 5.69 Å². The number of hydrogen-bond acceptors (Lipinski definition) is 6. The summed E-state index contributed by atoms with van der Waals surface area (Å²) in [4.78, 5) is 37.2. The lowest BCUT2D eigenvalue weighted by atomic mass is 9.76. The molecule has 9 heteroatoms. The number of piperidine rings is 1. The van der Waals surface area contributed by atoms with Gasteiger partial charge in [0.05, 0.1) is 28.2 Å². The SMILES string of the molecule is CC(C)(C)OC(=O)N1CCC(C2C(=O)Nc3cccc([N+](=O)[O-])c3C2O)CC1. The molecule has 0 radical (unpaired) electrons. The topological polar surface area (TPSA) is 122 Å². The second kappa shape index (κ2) is 7.38. The van der Waals surface area contributed by atoms with Crippen LogP contribution in [0.3, 0.4) is 0 Å². The molecule has 2 aliphatic heterocycles. The van der Waals surface area contributed by atoms with Gasteiger partial charge in [0.2, 0.25) is 5.91 Å². The Hall–Kier alpha value is -2.68. The molecule has 2 unspecified atom stereocenters. The number of aliphatic hydroxyl groups is 1. The number of ether oxygens (including phenoxy) is 1. The predicted octanol–water partition coefficient (Wildman–Crippen LogP) is 2.84. The van der Waals surface area contributed by atoms with Crippen molar-refractivity contribution in [1.29, 1.82) is 0 Å². The molecule has 2 heterocycles. The first-order valence-corrected chi connectivity index (χ1v) is 9.32. The Kier molecular flexibility index (Phi) is 5.29. The van der Waals surface area contributed by atoms with E-state index in [2.05, 4.69) is 5.32 Å². The maximum absolute atomic E-state index is 12.6. The third kappa shape index (κ3) is 3.94. The number of aliphatic hydroxyl groups excluding tert-OH is 1. The highest BCUT2D eigenvalue weighted by atomic mass is 16.6. The summed E-state index contributed by atoms with van der Waals surface area (Å²) in [6.07, 6.45) is -0.654. The van der Waals surface area contributed by atoms with E-state index >= 15 is 0 Å². The van der Waals surface area contributed by atoms with Gasteiger partial charge in [-0.3, -0.25) is 14.9 Å². The Morgan fingerprint density at radius 1 is 1.32 bits per heavy atom. The van der Waals surface area contributed by atoms with Gasteiger partial charge in [-0.05, 0) is 45.6 Å². The molecule has 152 valence electrons. The van der Waals surface area contributed by atoms with E-state index in [1.54, 1.807) is 31.7 Å². The van der Waals surface area contributed by atoms with Crippen LogP contribution in [0.25, 0.3) is 0 Å². The summed E-state index contributed by atoms with van der Waals surface area (Å²) in [6, 6.07) is 4.34. The number of hydrogen-bond donors (Lipinski definition) is 2. The third-order valence-electron chi connectivity index (χ3n) is 5.18. The lowest BCUT2D eigenvalue weighted by Gasteiger charge is -2.39. The molecule has 0 aromatic heterocycles. The van der Waals surface area contributed by atoms with Gasteiger partial charge in [0.1, 0.15) is 5.60 Å². The van der Waals surface area contributed by atoms with Crippen LogP contribution in [-0.4, -0.2) is 45.6 Å². The van der Waals surface area contributed by atoms with Gasteiger partial charge >= 0.3 is 6.09 Å². The van der Waals surface area contributed by atoms with Crippen LogP contribution >= 0.6 is 0 Å². The van der Waals surface area contributed by atoms with Crippen molar-refractivity contribution in [2.24, 2.45) is 11.8 Å². The maximum Gasteiger partial charge on any atom is 0.410 e. The molecular weight excluding hydrogens is 366 g/mol.